The van der Waals surface area contributed by atoms with Gasteiger partial charge in [-0.2, -0.15) is 0 Å². The monoisotopic (exact) mass is 610 g/mol. The number of aliphatic hydroxyl groups is 1. The highest BCUT2D eigenvalue weighted by molar-refractivity contribution is 7.91. The number of amides is 2. The molecule has 4 aliphatic rings. The summed E-state index contributed by atoms with van der Waals surface area (Å²) in [5.74, 6) is -3.49. The smallest absolute Gasteiger partial charge is 0.307 e. The molecule has 0 spiro atoms. The van der Waals surface area contributed by atoms with Gasteiger partial charge in [-0.25, -0.2) is 8.42 Å². The Bertz CT molecular complexity index is 1240. The van der Waals surface area contributed by atoms with E-state index in [0.29, 0.717) is 32.1 Å². The van der Waals surface area contributed by atoms with Gasteiger partial charge in [0.2, 0.25) is 21.8 Å². The van der Waals surface area contributed by atoms with Gasteiger partial charge in [-0.05, 0) is 79.6 Å². The summed E-state index contributed by atoms with van der Waals surface area (Å²) in [4.78, 5) is 55.4. The van der Waals surface area contributed by atoms with Gasteiger partial charge in [-0.1, -0.05) is 12.2 Å². The van der Waals surface area contributed by atoms with Gasteiger partial charge in [0.1, 0.15) is 5.60 Å². The Morgan fingerprint density at radius 3 is 2.50 bits per heavy atom. The molecule has 0 radical (unpaired) electrons. The fraction of sp³-hybridized carbons (Fsp3) is 0.800. The first-order valence-electron chi connectivity index (χ1n) is 15.0. The number of nitrogens with one attached hydrogen (secondary N) is 1. The molecule has 1 saturated heterocycles. The maximum Gasteiger partial charge on any atom is 0.307 e. The summed E-state index contributed by atoms with van der Waals surface area (Å²) in [7, 11) is -3.91. The molecule has 42 heavy (non-hydrogen) atoms. The highest BCUT2D eigenvalue weighted by Crippen LogP contribution is 2.57. The van der Waals surface area contributed by atoms with Gasteiger partial charge in [0.05, 0.1) is 46.9 Å². The maximum absolute atomic E-state index is 14.0. The summed E-state index contributed by atoms with van der Waals surface area (Å²) < 4.78 is 38.7. The van der Waals surface area contributed by atoms with Crippen LogP contribution in [0.3, 0.4) is 0 Å². The van der Waals surface area contributed by atoms with Crippen LogP contribution in [0.5, 0.6) is 0 Å². The molecule has 11 nitrogen and oxygen atoms in total. The standard InChI is InChI=1S/C30H46N2O9S/c1-18-9-7-8-10-20-15-30(20,27(37)31-42(38,39)29(6)11-12-29)16-24(34)23-13-21(33)17-32(23)26(36)22(19(2)40-18)14-25(35)41-28(3,4)5/h8,10,18-23,33H,7,9,11-17H2,1-6H3,(H,31,37)/b10-8-/t18-,19+,20-,21-,22+,23+,30-/m1/s1. The van der Waals surface area contributed by atoms with Gasteiger partial charge in [0.15, 0.2) is 5.78 Å². The molecule has 12 heteroatoms. The highest BCUT2D eigenvalue weighted by atomic mass is 32.2. The summed E-state index contributed by atoms with van der Waals surface area (Å²) in [6.45, 7) is 10.3. The van der Waals surface area contributed by atoms with Crippen LogP contribution in [0.2, 0.25) is 0 Å². The summed E-state index contributed by atoms with van der Waals surface area (Å²) in [6, 6.07) is -1.02. The average molecular weight is 611 g/mol. The third-order valence-electron chi connectivity index (χ3n) is 9.09. The molecule has 4 rings (SSSR count). The number of aliphatic hydroxyl groups excluding tert-OH is 1. The van der Waals surface area contributed by atoms with Crippen LogP contribution in [0.1, 0.15) is 92.9 Å². The number of carbonyl (C=O) groups excluding carboxylic acids is 4. The van der Waals surface area contributed by atoms with Gasteiger partial charge < -0.3 is 19.5 Å². The fourth-order valence-electron chi connectivity index (χ4n) is 6.06. The van der Waals surface area contributed by atoms with Crippen molar-refractivity contribution in [3.63, 3.8) is 0 Å². The lowest BCUT2D eigenvalue weighted by molar-refractivity contribution is -0.163. The van der Waals surface area contributed by atoms with E-state index in [0.717, 1.165) is 0 Å². The number of sulfonamides is 1. The number of nitrogens with zero attached hydrogens (tertiary/aromatic N) is 1. The van der Waals surface area contributed by atoms with Crippen molar-refractivity contribution in [1.29, 1.82) is 0 Å². The van der Waals surface area contributed by atoms with Crippen LogP contribution in [0.25, 0.3) is 0 Å². The van der Waals surface area contributed by atoms with E-state index in [1.54, 1.807) is 34.6 Å². The van der Waals surface area contributed by atoms with Gasteiger partial charge in [0, 0.05) is 19.4 Å². The Hall–Kier alpha value is -2.31. The number of carbonyl (C=O) groups is 4. The minimum atomic E-state index is -3.91. The molecule has 0 aromatic heterocycles. The topological polar surface area (TPSA) is 156 Å². The lowest BCUT2D eigenvalue weighted by Gasteiger charge is -2.32. The van der Waals surface area contributed by atoms with Crippen LogP contribution in [-0.2, 0) is 38.7 Å². The summed E-state index contributed by atoms with van der Waals surface area (Å²) in [6.07, 6.45) is 3.79. The van der Waals surface area contributed by atoms with Crippen molar-refractivity contribution in [3.05, 3.63) is 12.2 Å². The third kappa shape index (κ3) is 7.07. The van der Waals surface area contributed by atoms with Crippen LogP contribution in [0.15, 0.2) is 12.2 Å². The zero-order valence-electron chi connectivity index (χ0n) is 25.6. The van der Waals surface area contributed by atoms with Gasteiger partial charge >= 0.3 is 5.97 Å². The molecular formula is C30H46N2O9S. The summed E-state index contributed by atoms with van der Waals surface area (Å²) in [5, 5.41) is 10.5. The number of Topliss-reactive ketones (excluding diaryl/α,β-unsaturated/α-hetero) is 1. The highest BCUT2D eigenvalue weighted by Gasteiger charge is 2.62. The van der Waals surface area contributed by atoms with Crippen LogP contribution in [-0.4, -0.2) is 83.2 Å². The van der Waals surface area contributed by atoms with Gasteiger partial charge in [0.25, 0.3) is 0 Å². The van der Waals surface area contributed by atoms with E-state index in [4.69, 9.17) is 9.47 Å². The van der Waals surface area contributed by atoms with Crippen LogP contribution < -0.4 is 4.72 Å². The second-order valence-corrected chi connectivity index (χ2v) is 16.1. The lowest BCUT2D eigenvalue weighted by Crippen LogP contribution is -2.49. The van der Waals surface area contributed by atoms with E-state index in [1.807, 2.05) is 19.1 Å². The van der Waals surface area contributed by atoms with Crippen molar-refractivity contribution < 1.29 is 42.2 Å². The first-order valence-corrected chi connectivity index (χ1v) is 16.5. The maximum atomic E-state index is 14.0. The van der Waals surface area contributed by atoms with Crippen molar-refractivity contribution in [2.45, 2.75) is 128 Å². The molecule has 2 saturated carbocycles. The molecule has 0 aromatic rings. The van der Waals surface area contributed by atoms with E-state index >= 15 is 0 Å². The minimum Gasteiger partial charge on any atom is -0.460 e. The molecule has 7 atom stereocenters. The van der Waals surface area contributed by atoms with Crippen molar-refractivity contribution in [1.82, 2.24) is 9.62 Å². The molecule has 236 valence electrons. The Morgan fingerprint density at radius 2 is 1.88 bits per heavy atom. The number of ketones is 1. The fourth-order valence-corrected chi connectivity index (χ4v) is 7.40. The molecule has 2 aliphatic carbocycles. The molecule has 2 amide bonds. The number of rotatable bonds is 5. The van der Waals surface area contributed by atoms with Gasteiger partial charge in [-0.3, -0.25) is 23.9 Å². The molecule has 2 N–H and O–H groups in total. The Morgan fingerprint density at radius 1 is 1.21 bits per heavy atom. The molecule has 0 aromatic carbocycles. The molecule has 2 heterocycles. The predicted molar refractivity (Wildman–Crippen MR) is 153 cm³/mol. The molecule has 3 fully saturated rings. The Labute approximate surface area is 248 Å². The van der Waals surface area contributed by atoms with Crippen LogP contribution in [0, 0.1) is 17.3 Å². The Balaban J connectivity index is 1.63. The number of allylic oxidation sites excluding steroid dienone is 2. The Kier molecular flexibility index (Phi) is 9.04. The molecule has 0 bridgehead atoms. The number of ether oxygens (including phenoxy) is 2. The van der Waals surface area contributed by atoms with Gasteiger partial charge in [-0.15, -0.1) is 0 Å². The second kappa shape index (κ2) is 11.6. The molecule has 2 aliphatic heterocycles. The van der Waals surface area contributed by atoms with E-state index < -0.39 is 73.5 Å². The average Bonchev–Trinajstić information content (AvgIpc) is 3.74. The van der Waals surface area contributed by atoms with E-state index in [2.05, 4.69) is 4.72 Å². The quantitative estimate of drug-likeness (QED) is 0.352. The van der Waals surface area contributed by atoms with Crippen LogP contribution in [0.4, 0.5) is 0 Å². The van der Waals surface area contributed by atoms with Crippen molar-refractivity contribution in [3.8, 4) is 0 Å². The predicted octanol–water partition coefficient (Wildman–Crippen LogP) is 2.40. The minimum absolute atomic E-state index is 0.00997. The largest absolute Gasteiger partial charge is 0.460 e. The summed E-state index contributed by atoms with van der Waals surface area (Å²) in [5.41, 5.74) is -2.01. The normalized spacial score (nSPS) is 36.1. The van der Waals surface area contributed by atoms with E-state index in [9.17, 15) is 32.7 Å². The zero-order chi connectivity index (χ0) is 31.3. The first kappa shape index (κ1) is 32.6. The number of esters is 1. The number of fused-ring (bicyclic) bond motifs is 2. The molecular weight excluding hydrogens is 564 g/mol. The van der Waals surface area contributed by atoms with Crippen molar-refractivity contribution >= 4 is 33.6 Å². The van der Waals surface area contributed by atoms with Crippen LogP contribution >= 0.6 is 0 Å². The van der Waals surface area contributed by atoms with E-state index in [-0.39, 0.29) is 37.8 Å². The van der Waals surface area contributed by atoms with E-state index in [1.165, 1.54) is 4.90 Å². The SMILES string of the molecule is C[C@@H]1CC/C=C\[C@@H]2C[C@@]2(C(=O)NS(=O)(=O)C2(C)CC2)CC(=O)[C@@H]2C[C@@H](O)CN2C(=O)[C@@H](CC(=O)OC(C)(C)C)[C@H](C)O1. The molecule has 0 unspecified atom stereocenters. The third-order valence-corrected chi connectivity index (χ3v) is 11.2. The number of hydrogen-bond donors (Lipinski definition) is 2. The number of hydrogen-bond acceptors (Lipinski definition) is 9. The van der Waals surface area contributed by atoms with Crippen molar-refractivity contribution in [2.75, 3.05) is 6.54 Å². The summed E-state index contributed by atoms with van der Waals surface area (Å²) >= 11 is 0. The zero-order valence-corrected chi connectivity index (χ0v) is 26.4. The lowest BCUT2D eigenvalue weighted by atomic mass is 9.90. The van der Waals surface area contributed by atoms with Crippen molar-refractivity contribution in [2.24, 2.45) is 17.3 Å². The second-order valence-electron chi connectivity index (χ2n) is 13.9. The first-order chi connectivity index (χ1) is 19.4.